The van der Waals surface area contributed by atoms with Gasteiger partial charge >= 0.3 is 0 Å². The lowest BCUT2D eigenvalue weighted by atomic mass is 9.96. The molecule has 6 nitrogen and oxygen atoms in total. The first-order valence-electron chi connectivity index (χ1n) is 8.59. The molecular weight excluding hydrogens is 280 g/mol. The number of hydrogen-bond donors (Lipinski definition) is 2. The molecule has 2 aliphatic rings. The predicted molar refractivity (Wildman–Crippen MR) is 83.5 cm³/mol. The fourth-order valence-corrected chi connectivity index (χ4v) is 3.11. The molecule has 2 heterocycles. The lowest BCUT2D eigenvalue weighted by molar-refractivity contribution is 0.0991. The molecule has 1 aliphatic carbocycles. The van der Waals surface area contributed by atoms with Crippen LogP contribution in [-0.4, -0.2) is 52.4 Å². The third-order valence-electron chi connectivity index (χ3n) is 4.71. The average Bonchev–Trinajstić information content (AvgIpc) is 3.23. The van der Waals surface area contributed by atoms with Crippen molar-refractivity contribution < 1.29 is 9.63 Å². The SMILES string of the molecule is C[C@H](O)CN1CCC(CN[C@@H](C)c2nc(C3CC3)no2)CC1. The fraction of sp³-hybridized carbons (Fsp3) is 0.875. The molecule has 1 aromatic rings. The summed E-state index contributed by atoms with van der Waals surface area (Å²) in [5.74, 6) is 2.84. The molecule has 0 bridgehead atoms. The zero-order valence-corrected chi connectivity index (χ0v) is 13.7. The van der Waals surface area contributed by atoms with Crippen LogP contribution in [0.5, 0.6) is 0 Å². The maximum absolute atomic E-state index is 9.44. The van der Waals surface area contributed by atoms with Gasteiger partial charge in [0, 0.05) is 12.5 Å². The number of rotatable bonds is 7. The second-order valence-electron chi connectivity index (χ2n) is 6.99. The molecule has 3 rings (SSSR count). The van der Waals surface area contributed by atoms with E-state index in [1.807, 2.05) is 6.92 Å². The molecule has 22 heavy (non-hydrogen) atoms. The molecule has 0 amide bonds. The van der Waals surface area contributed by atoms with Crippen molar-refractivity contribution in [3.63, 3.8) is 0 Å². The molecule has 0 aromatic carbocycles. The van der Waals surface area contributed by atoms with Gasteiger partial charge in [0.2, 0.25) is 5.89 Å². The number of β-amino-alcohol motifs (C(OH)–C–C–N with tert-alkyl or cyclic N) is 1. The molecule has 0 radical (unpaired) electrons. The third kappa shape index (κ3) is 4.27. The minimum atomic E-state index is -0.229. The normalized spacial score (nSPS) is 23.6. The summed E-state index contributed by atoms with van der Waals surface area (Å²) in [6.07, 6.45) is 4.54. The van der Waals surface area contributed by atoms with Crippen LogP contribution in [0, 0.1) is 5.92 Å². The summed E-state index contributed by atoms with van der Waals surface area (Å²) in [5, 5.41) is 17.0. The summed E-state index contributed by atoms with van der Waals surface area (Å²) in [7, 11) is 0. The van der Waals surface area contributed by atoms with Crippen LogP contribution in [0.15, 0.2) is 4.52 Å². The second-order valence-corrected chi connectivity index (χ2v) is 6.99. The van der Waals surface area contributed by atoms with Gasteiger partial charge in [0.25, 0.3) is 0 Å². The molecule has 2 atom stereocenters. The largest absolute Gasteiger partial charge is 0.392 e. The van der Waals surface area contributed by atoms with E-state index in [0.717, 1.165) is 32.0 Å². The van der Waals surface area contributed by atoms with Crippen LogP contribution < -0.4 is 5.32 Å². The van der Waals surface area contributed by atoms with Crippen molar-refractivity contribution in [3.8, 4) is 0 Å². The highest BCUT2D eigenvalue weighted by molar-refractivity contribution is 5.04. The van der Waals surface area contributed by atoms with Crippen molar-refractivity contribution in [2.45, 2.75) is 57.6 Å². The van der Waals surface area contributed by atoms with Gasteiger partial charge in [-0.1, -0.05) is 5.16 Å². The van der Waals surface area contributed by atoms with Crippen LogP contribution in [-0.2, 0) is 0 Å². The Morgan fingerprint density at radius 1 is 1.27 bits per heavy atom. The lowest BCUT2D eigenvalue weighted by Crippen LogP contribution is -2.40. The molecule has 1 aromatic heterocycles. The molecule has 0 unspecified atom stereocenters. The Morgan fingerprint density at radius 2 is 2.00 bits per heavy atom. The first kappa shape index (κ1) is 15.9. The van der Waals surface area contributed by atoms with E-state index in [9.17, 15) is 5.11 Å². The van der Waals surface area contributed by atoms with Gasteiger partial charge in [0.15, 0.2) is 5.82 Å². The smallest absolute Gasteiger partial charge is 0.243 e. The minimum Gasteiger partial charge on any atom is -0.392 e. The first-order chi connectivity index (χ1) is 10.6. The molecule has 1 saturated carbocycles. The van der Waals surface area contributed by atoms with Gasteiger partial charge in [-0.05, 0) is 65.1 Å². The van der Waals surface area contributed by atoms with Gasteiger partial charge in [-0.3, -0.25) is 0 Å². The summed E-state index contributed by atoms with van der Waals surface area (Å²) < 4.78 is 5.37. The Bertz CT molecular complexity index is 464. The Balaban J connectivity index is 1.38. The van der Waals surface area contributed by atoms with Crippen molar-refractivity contribution in [2.75, 3.05) is 26.2 Å². The Kier molecular flexibility index (Phi) is 5.10. The Morgan fingerprint density at radius 3 is 2.64 bits per heavy atom. The highest BCUT2D eigenvalue weighted by Crippen LogP contribution is 2.38. The van der Waals surface area contributed by atoms with Gasteiger partial charge in [-0.2, -0.15) is 4.98 Å². The van der Waals surface area contributed by atoms with E-state index in [1.165, 1.54) is 25.7 Å². The van der Waals surface area contributed by atoms with Crippen LogP contribution in [0.4, 0.5) is 0 Å². The van der Waals surface area contributed by atoms with Crippen LogP contribution in [0.1, 0.15) is 63.2 Å². The van der Waals surface area contributed by atoms with Crippen LogP contribution >= 0.6 is 0 Å². The molecule has 6 heteroatoms. The highest BCUT2D eigenvalue weighted by atomic mass is 16.5. The zero-order valence-electron chi connectivity index (χ0n) is 13.7. The number of nitrogens with one attached hydrogen (secondary N) is 1. The van der Waals surface area contributed by atoms with Gasteiger partial charge in [-0.25, -0.2) is 0 Å². The number of likely N-dealkylation sites (tertiary alicyclic amines) is 1. The number of hydrogen-bond acceptors (Lipinski definition) is 6. The predicted octanol–water partition coefficient (Wildman–Crippen LogP) is 1.69. The van der Waals surface area contributed by atoms with E-state index in [0.29, 0.717) is 17.7 Å². The monoisotopic (exact) mass is 308 g/mol. The van der Waals surface area contributed by atoms with Crippen LogP contribution in [0.25, 0.3) is 0 Å². The first-order valence-corrected chi connectivity index (χ1v) is 8.59. The molecular formula is C16H28N4O2. The van der Waals surface area contributed by atoms with E-state index < -0.39 is 0 Å². The lowest BCUT2D eigenvalue weighted by Gasteiger charge is -2.33. The topological polar surface area (TPSA) is 74.4 Å². The van der Waals surface area contributed by atoms with Crippen molar-refractivity contribution >= 4 is 0 Å². The number of nitrogens with zero attached hydrogens (tertiary/aromatic N) is 3. The van der Waals surface area contributed by atoms with Gasteiger partial charge in [0.1, 0.15) is 0 Å². The molecule has 0 spiro atoms. The maximum Gasteiger partial charge on any atom is 0.243 e. The molecule has 124 valence electrons. The van der Waals surface area contributed by atoms with E-state index in [4.69, 9.17) is 4.52 Å². The van der Waals surface area contributed by atoms with E-state index in [-0.39, 0.29) is 12.1 Å². The molecule has 1 aliphatic heterocycles. The van der Waals surface area contributed by atoms with Crippen molar-refractivity contribution in [1.29, 1.82) is 0 Å². The van der Waals surface area contributed by atoms with Gasteiger partial charge in [-0.15, -0.1) is 0 Å². The van der Waals surface area contributed by atoms with Crippen LogP contribution in [0.3, 0.4) is 0 Å². The average molecular weight is 308 g/mol. The van der Waals surface area contributed by atoms with Gasteiger partial charge in [0.05, 0.1) is 12.1 Å². The highest BCUT2D eigenvalue weighted by Gasteiger charge is 2.29. The quantitative estimate of drug-likeness (QED) is 0.798. The van der Waals surface area contributed by atoms with E-state index in [2.05, 4.69) is 27.3 Å². The molecule has 2 N–H and O–H groups in total. The summed E-state index contributed by atoms with van der Waals surface area (Å²) in [6, 6.07) is 0.121. The number of aliphatic hydroxyl groups is 1. The third-order valence-corrected chi connectivity index (χ3v) is 4.71. The molecule has 2 fully saturated rings. The fourth-order valence-electron chi connectivity index (χ4n) is 3.11. The summed E-state index contributed by atoms with van der Waals surface area (Å²) in [4.78, 5) is 6.86. The zero-order chi connectivity index (χ0) is 15.5. The second kappa shape index (κ2) is 7.06. The number of aromatic nitrogens is 2. The standard InChI is InChI=1S/C16H28N4O2/c1-11(21)10-20-7-5-13(6-8-20)9-17-12(2)16-18-15(19-22-16)14-3-4-14/h11-14,17,21H,3-10H2,1-2H3/t11-,12-/m0/s1. The van der Waals surface area contributed by atoms with Crippen LogP contribution in [0.2, 0.25) is 0 Å². The number of piperidine rings is 1. The summed E-state index contributed by atoms with van der Waals surface area (Å²) >= 11 is 0. The van der Waals surface area contributed by atoms with Crippen molar-refractivity contribution in [2.24, 2.45) is 5.92 Å². The summed E-state index contributed by atoms with van der Waals surface area (Å²) in [6.45, 7) is 7.89. The number of aliphatic hydroxyl groups excluding tert-OH is 1. The van der Waals surface area contributed by atoms with E-state index in [1.54, 1.807) is 0 Å². The van der Waals surface area contributed by atoms with Crippen molar-refractivity contribution in [1.82, 2.24) is 20.4 Å². The summed E-state index contributed by atoms with van der Waals surface area (Å²) in [5.41, 5.74) is 0. The molecule has 1 saturated heterocycles. The maximum atomic E-state index is 9.44. The van der Waals surface area contributed by atoms with Crippen molar-refractivity contribution in [3.05, 3.63) is 11.7 Å². The Labute approximate surface area is 132 Å². The minimum absolute atomic E-state index is 0.121. The Hall–Kier alpha value is -0.980. The van der Waals surface area contributed by atoms with E-state index >= 15 is 0 Å². The van der Waals surface area contributed by atoms with Gasteiger partial charge < -0.3 is 19.8 Å².